The molecule has 0 radical (unpaired) electrons. The fraction of sp³-hybridized carbons (Fsp3) is 0.545. The molecule has 4 N–H and O–H groups in total. The van der Waals surface area contributed by atoms with Crippen molar-refractivity contribution in [1.29, 1.82) is 0 Å². The van der Waals surface area contributed by atoms with Gasteiger partial charge in [0.2, 0.25) is 5.95 Å². The zero-order chi connectivity index (χ0) is 14.2. The highest BCUT2D eigenvalue weighted by molar-refractivity contribution is 5.72. The van der Waals surface area contributed by atoms with Crippen LogP contribution in [0.1, 0.15) is 13.3 Å². The highest BCUT2D eigenvalue weighted by atomic mass is 16.2. The maximum atomic E-state index is 12.0. The molecule has 0 spiro atoms. The predicted octanol–water partition coefficient (Wildman–Crippen LogP) is -0.890. The molecular weight excluding hydrogens is 248 g/mol. The number of rotatable bonds is 4. The first-order chi connectivity index (χ1) is 8.95. The number of nitrogens with one attached hydrogen (secondary N) is 2. The molecule has 0 saturated carbocycles. The lowest BCUT2D eigenvalue weighted by molar-refractivity contribution is 0.707. The lowest BCUT2D eigenvalue weighted by atomic mass is 10.2. The minimum absolute atomic E-state index is 0.131. The summed E-state index contributed by atoms with van der Waals surface area (Å²) in [5, 5.41) is 3.12. The minimum Gasteiger partial charge on any atom is -0.353 e. The number of hydrogen-bond donors (Lipinski definition) is 3. The van der Waals surface area contributed by atoms with E-state index >= 15 is 0 Å². The molecule has 1 atom stereocenters. The third kappa shape index (κ3) is 2.26. The van der Waals surface area contributed by atoms with E-state index < -0.39 is 5.69 Å². The van der Waals surface area contributed by atoms with E-state index in [0.717, 1.165) is 11.0 Å². The third-order valence-corrected chi connectivity index (χ3v) is 3.08. The smallest absolute Gasteiger partial charge is 0.332 e. The first kappa shape index (κ1) is 13.3. The van der Waals surface area contributed by atoms with E-state index in [1.807, 2.05) is 6.92 Å². The predicted molar refractivity (Wildman–Crippen MR) is 73.3 cm³/mol. The number of anilines is 1. The summed E-state index contributed by atoms with van der Waals surface area (Å²) in [6.07, 6.45) is 0.786. The molecule has 104 valence electrons. The number of aromatic amines is 1. The van der Waals surface area contributed by atoms with Crippen LogP contribution in [0, 0.1) is 0 Å². The maximum Gasteiger partial charge on any atom is 0.332 e. The zero-order valence-electron chi connectivity index (χ0n) is 11.2. The second kappa shape index (κ2) is 4.88. The summed E-state index contributed by atoms with van der Waals surface area (Å²) in [5.41, 5.74) is 5.35. The summed E-state index contributed by atoms with van der Waals surface area (Å²) in [6, 6.07) is 0.131. The summed E-state index contributed by atoms with van der Waals surface area (Å²) in [6.45, 7) is 2.53. The van der Waals surface area contributed by atoms with Crippen molar-refractivity contribution < 1.29 is 0 Å². The van der Waals surface area contributed by atoms with Crippen molar-refractivity contribution in [3.63, 3.8) is 0 Å². The Morgan fingerprint density at radius 3 is 2.68 bits per heavy atom. The Hall–Kier alpha value is -2.09. The molecule has 0 amide bonds. The van der Waals surface area contributed by atoms with E-state index in [-0.39, 0.29) is 11.6 Å². The molecule has 0 aliphatic heterocycles. The van der Waals surface area contributed by atoms with Crippen molar-refractivity contribution in [3.05, 3.63) is 20.8 Å². The Morgan fingerprint density at radius 2 is 2.05 bits per heavy atom. The maximum absolute atomic E-state index is 12.0. The molecule has 0 aromatic carbocycles. The first-order valence-electron chi connectivity index (χ1n) is 6.08. The molecular formula is C11H18N6O2. The summed E-state index contributed by atoms with van der Waals surface area (Å²) >= 11 is 0. The molecule has 0 aliphatic carbocycles. The van der Waals surface area contributed by atoms with Crippen LogP contribution < -0.4 is 22.3 Å². The van der Waals surface area contributed by atoms with Gasteiger partial charge in [0.1, 0.15) is 0 Å². The van der Waals surface area contributed by atoms with Crippen LogP contribution in [0.15, 0.2) is 9.59 Å². The van der Waals surface area contributed by atoms with Gasteiger partial charge in [0, 0.05) is 20.1 Å². The Kier molecular flexibility index (Phi) is 3.43. The van der Waals surface area contributed by atoms with Crippen LogP contribution in [-0.2, 0) is 14.1 Å². The SMILES string of the molecule is CC(CCN)Nc1nc2c([nH]1)c(=O)n(C)c(=O)n2C. The van der Waals surface area contributed by atoms with Crippen LogP contribution in [0.5, 0.6) is 0 Å². The zero-order valence-corrected chi connectivity index (χ0v) is 11.2. The van der Waals surface area contributed by atoms with Gasteiger partial charge in [-0.15, -0.1) is 0 Å². The molecule has 8 heteroatoms. The number of aromatic nitrogens is 4. The van der Waals surface area contributed by atoms with Crippen molar-refractivity contribution in [3.8, 4) is 0 Å². The van der Waals surface area contributed by atoms with E-state index in [9.17, 15) is 9.59 Å². The quantitative estimate of drug-likeness (QED) is 0.665. The first-order valence-corrected chi connectivity index (χ1v) is 6.08. The van der Waals surface area contributed by atoms with E-state index in [1.54, 1.807) is 7.05 Å². The van der Waals surface area contributed by atoms with E-state index in [0.29, 0.717) is 23.7 Å². The van der Waals surface area contributed by atoms with Crippen LogP contribution in [0.4, 0.5) is 5.95 Å². The second-order valence-electron chi connectivity index (χ2n) is 4.61. The number of aryl methyl sites for hydroxylation is 1. The van der Waals surface area contributed by atoms with Crippen molar-refractivity contribution >= 4 is 17.1 Å². The molecule has 8 nitrogen and oxygen atoms in total. The Morgan fingerprint density at radius 1 is 1.37 bits per heavy atom. The van der Waals surface area contributed by atoms with E-state index in [2.05, 4.69) is 15.3 Å². The lowest BCUT2D eigenvalue weighted by Crippen LogP contribution is -2.36. The van der Waals surface area contributed by atoms with Gasteiger partial charge in [-0.2, -0.15) is 4.98 Å². The van der Waals surface area contributed by atoms with Gasteiger partial charge in [0.15, 0.2) is 11.2 Å². The van der Waals surface area contributed by atoms with Gasteiger partial charge in [-0.3, -0.25) is 13.9 Å². The Labute approximate surface area is 109 Å². The second-order valence-corrected chi connectivity index (χ2v) is 4.61. The molecule has 2 aromatic heterocycles. The molecule has 1 unspecified atom stereocenters. The fourth-order valence-corrected chi connectivity index (χ4v) is 1.95. The molecule has 2 aromatic rings. The Balaban J connectivity index is 2.52. The standard InChI is InChI=1S/C11H18N6O2/c1-6(4-5-12)13-10-14-7-8(15-10)16(2)11(19)17(3)9(7)18/h6H,4-5,12H2,1-3H3,(H2,13,14,15). The number of imidazole rings is 1. The van der Waals surface area contributed by atoms with Crippen LogP contribution in [0.25, 0.3) is 11.2 Å². The van der Waals surface area contributed by atoms with Gasteiger partial charge in [0.25, 0.3) is 5.56 Å². The Bertz CT molecular complexity index is 710. The molecule has 0 saturated heterocycles. The minimum atomic E-state index is -0.398. The normalized spacial score (nSPS) is 12.8. The summed E-state index contributed by atoms with van der Waals surface area (Å²) < 4.78 is 2.39. The van der Waals surface area contributed by atoms with Crippen LogP contribution in [-0.4, -0.2) is 31.7 Å². The average molecular weight is 266 g/mol. The molecule has 0 aliphatic rings. The molecule has 19 heavy (non-hydrogen) atoms. The molecule has 2 heterocycles. The lowest BCUT2D eigenvalue weighted by Gasteiger charge is -2.10. The van der Waals surface area contributed by atoms with Crippen molar-refractivity contribution in [1.82, 2.24) is 19.1 Å². The van der Waals surface area contributed by atoms with E-state index in [4.69, 9.17) is 5.73 Å². The number of H-pyrrole nitrogens is 1. The van der Waals surface area contributed by atoms with Gasteiger partial charge in [-0.05, 0) is 19.9 Å². The number of nitrogens with two attached hydrogens (primary N) is 1. The highest BCUT2D eigenvalue weighted by Gasteiger charge is 2.14. The van der Waals surface area contributed by atoms with Crippen molar-refractivity contribution in [2.24, 2.45) is 19.8 Å². The average Bonchev–Trinajstić information content (AvgIpc) is 2.78. The van der Waals surface area contributed by atoms with Gasteiger partial charge in [-0.1, -0.05) is 0 Å². The number of hydrogen-bond acceptors (Lipinski definition) is 5. The van der Waals surface area contributed by atoms with E-state index in [1.165, 1.54) is 11.6 Å². The highest BCUT2D eigenvalue weighted by Crippen LogP contribution is 2.09. The summed E-state index contributed by atoms with van der Waals surface area (Å²) in [5.74, 6) is 0.467. The third-order valence-electron chi connectivity index (χ3n) is 3.08. The topological polar surface area (TPSA) is 111 Å². The summed E-state index contributed by atoms with van der Waals surface area (Å²) in [7, 11) is 3.02. The van der Waals surface area contributed by atoms with Gasteiger partial charge in [-0.25, -0.2) is 4.79 Å². The van der Waals surface area contributed by atoms with Crippen LogP contribution in [0.3, 0.4) is 0 Å². The number of nitrogens with zero attached hydrogens (tertiary/aromatic N) is 3. The molecule has 0 fully saturated rings. The van der Waals surface area contributed by atoms with Gasteiger partial charge >= 0.3 is 5.69 Å². The summed E-state index contributed by atoms with van der Waals surface area (Å²) in [4.78, 5) is 30.9. The monoisotopic (exact) mass is 266 g/mol. The van der Waals surface area contributed by atoms with Crippen LogP contribution in [0.2, 0.25) is 0 Å². The fourth-order valence-electron chi connectivity index (χ4n) is 1.95. The van der Waals surface area contributed by atoms with Crippen molar-refractivity contribution in [2.45, 2.75) is 19.4 Å². The van der Waals surface area contributed by atoms with Crippen molar-refractivity contribution in [2.75, 3.05) is 11.9 Å². The molecule has 0 bridgehead atoms. The number of fused-ring (bicyclic) bond motifs is 1. The van der Waals surface area contributed by atoms with Crippen LogP contribution >= 0.6 is 0 Å². The molecule has 2 rings (SSSR count). The van der Waals surface area contributed by atoms with Gasteiger partial charge < -0.3 is 16.0 Å². The largest absolute Gasteiger partial charge is 0.353 e. The van der Waals surface area contributed by atoms with Gasteiger partial charge in [0.05, 0.1) is 0 Å².